The Bertz CT molecular complexity index is 1100. The standard InChI is InChI=1S/C20H21N3O3S/c1-13-11-17(18-9-10-20(24)22-21-18)12-19(14(13)2)27(25,26)23-15(3)16-7-5-4-6-8-16/h4-12,15,23H,1-3H3,(H,22,24). The second-order valence-corrected chi connectivity index (χ2v) is 8.16. The summed E-state index contributed by atoms with van der Waals surface area (Å²) in [6.07, 6.45) is 0. The van der Waals surface area contributed by atoms with Gasteiger partial charge in [-0.25, -0.2) is 18.2 Å². The van der Waals surface area contributed by atoms with E-state index in [4.69, 9.17) is 0 Å². The Balaban J connectivity index is 2.01. The van der Waals surface area contributed by atoms with Gasteiger partial charge >= 0.3 is 0 Å². The molecule has 3 aromatic rings. The second kappa shape index (κ2) is 7.46. The van der Waals surface area contributed by atoms with E-state index in [2.05, 4.69) is 14.9 Å². The summed E-state index contributed by atoms with van der Waals surface area (Å²) in [6, 6.07) is 15.4. The van der Waals surface area contributed by atoms with Gasteiger partial charge < -0.3 is 0 Å². The van der Waals surface area contributed by atoms with Crippen LogP contribution in [-0.4, -0.2) is 18.6 Å². The molecule has 7 heteroatoms. The topological polar surface area (TPSA) is 91.9 Å². The van der Waals surface area contributed by atoms with Gasteiger partial charge in [0.2, 0.25) is 10.0 Å². The SMILES string of the molecule is Cc1cc(-c2ccc(=O)[nH]n2)cc(S(=O)(=O)NC(C)c2ccccc2)c1C. The van der Waals surface area contributed by atoms with E-state index < -0.39 is 10.0 Å². The molecule has 0 fully saturated rings. The van der Waals surface area contributed by atoms with Gasteiger partial charge in [-0.2, -0.15) is 5.10 Å². The van der Waals surface area contributed by atoms with E-state index in [0.717, 1.165) is 11.1 Å². The average molecular weight is 383 g/mol. The lowest BCUT2D eigenvalue weighted by molar-refractivity contribution is 0.566. The predicted molar refractivity (Wildman–Crippen MR) is 105 cm³/mol. The number of hydrogen-bond acceptors (Lipinski definition) is 4. The van der Waals surface area contributed by atoms with Crippen LogP contribution in [0.1, 0.15) is 29.7 Å². The molecule has 3 rings (SSSR count). The van der Waals surface area contributed by atoms with Crippen LogP contribution in [0.4, 0.5) is 0 Å². The van der Waals surface area contributed by atoms with Crippen molar-refractivity contribution in [1.82, 2.24) is 14.9 Å². The first kappa shape index (κ1) is 19.0. The Kier molecular flexibility index (Phi) is 5.25. The first-order valence-electron chi connectivity index (χ1n) is 8.52. The van der Waals surface area contributed by atoms with Gasteiger partial charge in [-0.3, -0.25) is 4.79 Å². The lowest BCUT2D eigenvalue weighted by Crippen LogP contribution is -2.27. The molecule has 0 saturated carbocycles. The fraction of sp³-hybridized carbons (Fsp3) is 0.200. The number of hydrogen-bond donors (Lipinski definition) is 2. The number of nitrogens with zero attached hydrogens (tertiary/aromatic N) is 1. The molecule has 0 aliphatic carbocycles. The second-order valence-electron chi connectivity index (χ2n) is 6.48. The number of aryl methyl sites for hydroxylation is 1. The van der Waals surface area contributed by atoms with Crippen molar-refractivity contribution in [2.24, 2.45) is 0 Å². The highest BCUT2D eigenvalue weighted by atomic mass is 32.2. The molecule has 1 atom stereocenters. The van der Waals surface area contributed by atoms with Crippen LogP contribution in [0.3, 0.4) is 0 Å². The first-order valence-corrected chi connectivity index (χ1v) is 10.0. The van der Waals surface area contributed by atoms with Crippen LogP contribution >= 0.6 is 0 Å². The molecule has 27 heavy (non-hydrogen) atoms. The van der Waals surface area contributed by atoms with Crippen LogP contribution in [0.15, 0.2) is 64.3 Å². The number of H-pyrrole nitrogens is 1. The Labute approximate surface area is 158 Å². The van der Waals surface area contributed by atoms with Crippen molar-refractivity contribution < 1.29 is 8.42 Å². The van der Waals surface area contributed by atoms with Gasteiger partial charge in [0.1, 0.15) is 0 Å². The molecule has 0 bridgehead atoms. The number of aromatic nitrogens is 2. The Morgan fingerprint density at radius 3 is 2.37 bits per heavy atom. The summed E-state index contributed by atoms with van der Waals surface area (Å²) in [5.41, 5.74) is 3.21. The van der Waals surface area contributed by atoms with Crippen molar-refractivity contribution in [3.8, 4) is 11.3 Å². The van der Waals surface area contributed by atoms with Gasteiger partial charge in [-0.05, 0) is 55.7 Å². The van der Waals surface area contributed by atoms with E-state index in [1.807, 2.05) is 50.2 Å². The summed E-state index contributed by atoms with van der Waals surface area (Å²) in [4.78, 5) is 11.4. The summed E-state index contributed by atoms with van der Waals surface area (Å²) in [5.74, 6) is 0. The molecule has 0 amide bonds. The number of aromatic amines is 1. The normalized spacial score (nSPS) is 12.7. The zero-order valence-corrected chi connectivity index (χ0v) is 16.2. The maximum atomic E-state index is 13.0. The van der Waals surface area contributed by atoms with Crippen molar-refractivity contribution in [3.63, 3.8) is 0 Å². The minimum absolute atomic E-state index is 0.202. The highest BCUT2D eigenvalue weighted by molar-refractivity contribution is 7.89. The summed E-state index contributed by atoms with van der Waals surface area (Å²) in [5, 5.41) is 6.37. The van der Waals surface area contributed by atoms with Crippen molar-refractivity contribution in [3.05, 3.63) is 81.6 Å². The van der Waals surface area contributed by atoms with Crippen molar-refractivity contribution in [1.29, 1.82) is 0 Å². The number of benzene rings is 2. The van der Waals surface area contributed by atoms with E-state index in [1.165, 1.54) is 6.07 Å². The van der Waals surface area contributed by atoms with Gasteiger partial charge in [0.15, 0.2) is 0 Å². The maximum Gasteiger partial charge on any atom is 0.264 e. The monoisotopic (exact) mass is 383 g/mol. The molecule has 0 aliphatic rings. The molecule has 1 unspecified atom stereocenters. The molecular weight excluding hydrogens is 362 g/mol. The van der Waals surface area contributed by atoms with E-state index in [9.17, 15) is 13.2 Å². The highest BCUT2D eigenvalue weighted by Gasteiger charge is 2.22. The van der Waals surface area contributed by atoms with Crippen molar-refractivity contribution in [2.45, 2.75) is 31.7 Å². The summed E-state index contributed by atoms with van der Waals surface area (Å²) in [7, 11) is -3.75. The average Bonchev–Trinajstić information content (AvgIpc) is 2.64. The highest BCUT2D eigenvalue weighted by Crippen LogP contribution is 2.27. The molecule has 0 aliphatic heterocycles. The summed E-state index contributed by atoms with van der Waals surface area (Å²) >= 11 is 0. The Hall–Kier alpha value is -2.77. The van der Waals surface area contributed by atoms with Gasteiger partial charge in [0, 0.05) is 17.7 Å². The van der Waals surface area contributed by atoms with Crippen LogP contribution in [0.25, 0.3) is 11.3 Å². The molecule has 1 heterocycles. The van der Waals surface area contributed by atoms with Gasteiger partial charge in [0.25, 0.3) is 5.56 Å². The molecular formula is C20H21N3O3S. The Morgan fingerprint density at radius 1 is 1.04 bits per heavy atom. The zero-order valence-electron chi connectivity index (χ0n) is 15.4. The zero-order chi connectivity index (χ0) is 19.6. The maximum absolute atomic E-state index is 13.0. The third-order valence-electron chi connectivity index (χ3n) is 4.52. The molecule has 140 valence electrons. The van der Waals surface area contributed by atoms with Gasteiger partial charge in [-0.1, -0.05) is 30.3 Å². The van der Waals surface area contributed by atoms with Gasteiger partial charge in [0.05, 0.1) is 10.6 Å². The van der Waals surface area contributed by atoms with E-state index in [-0.39, 0.29) is 16.5 Å². The quantitative estimate of drug-likeness (QED) is 0.708. The minimum Gasteiger partial charge on any atom is -0.268 e. The fourth-order valence-corrected chi connectivity index (χ4v) is 4.44. The van der Waals surface area contributed by atoms with Gasteiger partial charge in [-0.15, -0.1) is 0 Å². The molecule has 6 nitrogen and oxygen atoms in total. The van der Waals surface area contributed by atoms with Crippen molar-refractivity contribution >= 4 is 10.0 Å². The largest absolute Gasteiger partial charge is 0.268 e. The van der Waals surface area contributed by atoms with E-state index in [1.54, 1.807) is 19.1 Å². The molecule has 0 radical (unpaired) electrons. The smallest absolute Gasteiger partial charge is 0.264 e. The fourth-order valence-electron chi connectivity index (χ4n) is 2.87. The van der Waals surface area contributed by atoms with Crippen molar-refractivity contribution in [2.75, 3.05) is 0 Å². The van der Waals surface area contributed by atoms with Crippen LogP contribution in [-0.2, 0) is 10.0 Å². The van der Waals surface area contributed by atoms with E-state index >= 15 is 0 Å². The summed E-state index contributed by atoms with van der Waals surface area (Å²) < 4.78 is 28.8. The molecule has 1 aromatic heterocycles. The van der Waals surface area contributed by atoms with Crippen LogP contribution in [0.2, 0.25) is 0 Å². The number of nitrogens with one attached hydrogen (secondary N) is 2. The minimum atomic E-state index is -3.75. The third-order valence-corrected chi connectivity index (χ3v) is 6.18. The van der Waals surface area contributed by atoms with E-state index in [0.29, 0.717) is 16.8 Å². The first-order chi connectivity index (χ1) is 12.8. The predicted octanol–water partition coefficient (Wildman–Crippen LogP) is 3.09. The number of rotatable bonds is 5. The molecule has 2 aromatic carbocycles. The molecule has 0 saturated heterocycles. The third kappa shape index (κ3) is 4.15. The van der Waals surface area contributed by atoms with Crippen LogP contribution in [0, 0.1) is 13.8 Å². The Morgan fingerprint density at radius 2 is 1.74 bits per heavy atom. The lowest BCUT2D eigenvalue weighted by Gasteiger charge is -2.17. The summed E-state index contributed by atoms with van der Waals surface area (Å²) in [6.45, 7) is 5.44. The lowest BCUT2D eigenvalue weighted by atomic mass is 10.0. The number of sulfonamides is 1. The van der Waals surface area contributed by atoms with Crippen LogP contribution in [0.5, 0.6) is 0 Å². The van der Waals surface area contributed by atoms with Crippen LogP contribution < -0.4 is 10.3 Å². The molecule has 0 spiro atoms. The molecule has 2 N–H and O–H groups in total.